The number of aromatic nitrogens is 3. The van der Waals surface area contributed by atoms with E-state index in [1.165, 1.54) is 16.5 Å². The average molecular weight is 280 g/mol. The molecule has 0 bridgehead atoms. The Labute approximate surface area is 124 Å². The van der Waals surface area contributed by atoms with E-state index in [0.29, 0.717) is 0 Å². The van der Waals surface area contributed by atoms with Crippen molar-refractivity contribution < 1.29 is 0 Å². The Morgan fingerprint density at radius 3 is 2.71 bits per heavy atom. The molecule has 0 amide bonds. The molecule has 3 rings (SSSR count). The highest BCUT2D eigenvalue weighted by atomic mass is 15.3. The Bertz CT molecular complexity index is 755. The van der Waals surface area contributed by atoms with E-state index in [1.54, 1.807) is 0 Å². The van der Waals surface area contributed by atoms with Crippen LogP contribution in [0.4, 0.5) is 0 Å². The summed E-state index contributed by atoms with van der Waals surface area (Å²) >= 11 is 0. The maximum Gasteiger partial charge on any atom is 0.0753 e. The molecule has 3 aromatic rings. The number of nitrogens with zero attached hydrogens (tertiary/aromatic N) is 3. The lowest BCUT2D eigenvalue weighted by Gasteiger charge is -2.19. The Balaban J connectivity index is 2.18. The topological polar surface area (TPSA) is 42.7 Å². The number of rotatable bonds is 4. The smallest absolute Gasteiger partial charge is 0.0753 e. The molecule has 108 valence electrons. The Morgan fingerprint density at radius 2 is 2.00 bits per heavy atom. The van der Waals surface area contributed by atoms with Crippen molar-refractivity contribution in [2.45, 2.75) is 19.9 Å². The second kappa shape index (κ2) is 5.66. The van der Waals surface area contributed by atoms with Crippen LogP contribution in [0.1, 0.15) is 29.8 Å². The summed E-state index contributed by atoms with van der Waals surface area (Å²) in [5.74, 6) is 0. The third-order valence-electron chi connectivity index (χ3n) is 3.75. The second-order valence-electron chi connectivity index (χ2n) is 5.26. The van der Waals surface area contributed by atoms with E-state index in [1.807, 2.05) is 24.0 Å². The number of hydrogen-bond donors (Lipinski definition) is 1. The summed E-state index contributed by atoms with van der Waals surface area (Å²) in [5.41, 5.74) is 4.51. The number of nitrogens with one attached hydrogen (secondary N) is 1. The van der Waals surface area contributed by atoms with Gasteiger partial charge in [0.1, 0.15) is 0 Å². The summed E-state index contributed by atoms with van der Waals surface area (Å²) in [6, 6.07) is 10.5. The number of benzene rings is 1. The molecule has 0 saturated heterocycles. The van der Waals surface area contributed by atoms with Crippen molar-refractivity contribution in [1.82, 2.24) is 20.1 Å². The maximum atomic E-state index is 4.58. The van der Waals surface area contributed by atoms with Gasteiger partial charge in [0.2, 0.25) is 0 Å². The molecule has 1 atom stereocenters. The highest BCUT2D eigenvalue weighted by Crippen LogP contribution is 2.29. The van der Waals surface area contributed by atoms with E-state index < -0.39 is 0 Å². The number of hydrogen-bond acceptors (Lipinski definition) is 3. The summed E-state index contributed by atoms with van der Waals surface area (Å²) < 4.78 is 1.87. The fraction of sp³-hybridized carbons (Fsp3) is 0.294. The van der Waals surface area contributed by atoms with Gasteiger partial charge in [0.05, 0.1) is 17.3 Å². The number of para-hydroxylation sites is 1. The van der Waals surface area contributed by atoms with Gasteiger partial charge < -0.3 is 5.32 Å². The first-order chi connectivity index (χ1) is 10.2. The van der Waals surface area contributed by atoms with Crippen LogP contribution in [0.25, 0.3) is 10.9 Å². The molecule has 1 aromatic carbocycles. The van der Waals surface area contributed by atoms with Gasteiger partial charge in [0, 0.05) is 30.4 Å². The quantitative estimate of drug-likeness (QED) is 0.799. The standard InChI is InChI=1S/C17H20N4/c1-4-18-17(15-11-21(3)20-12(15)2)14-9-5-7-13-8-6-10-19-16(13)14/h5-11,17-18H,4H2,1-3H3. The molecule has 2 heterocycles. The Kier molecular flexibility index (Phi) is 3.71. The van der Waals surface area contributed by atoms with Crippen molar-refractivity contribution in [3.05, 3.63) is 59.5 Å². The van der Waals surface area contributed by atoms with Crippen molar-refractivity contribution in [2.75, 3.05) is 6.54 Å². The summed E-state index contributed by atoms with van der Waals surface area (Å²) in [6.45, 7) is 5.07. The Hall–Kier alpha value is -2.20. The van der Waals surface area contributed by atoms with Crippen LogP contribution in [-0.2, 0) is 7.05 Å². The van der Waals surface area contributed by atoms with Crippen LogP contribution in [0.2, 0.25) is 0 Å². The molecule has 1 unspecified atom stereocenters. The fourth-order valence-electron chi connectivity index (χ4n) is 2.85. The SMILES string of the molecule is CCNC(c1cn(C)nc1C)c1cccc2cccnc12. The number of aryl methyl sites for hydroxylation is 2. The van der Waals surface area contributed by atoms with Gasteiger partial charge in [-0.1, -0.05) is 31.2 Å². The molecule has 21 heavy (non-hydrogen) atoms. The van der Waals surface area contributed by atoms with E-state index in [4.69, 9.17) is 0 Å². The zero-order valence-electron chi connectivity index (χ0n) is 12.7. The van der Waals surface area contributed by atoms with Crippen LogP contribution < -0.4 is 5.32 Å². The maximum absolute atomic E-state index is 4.58. The molecule has 4 nitrogen and oxygen atoms in total. The van der Waals surface area contributed by atoms with Crippen LogP contribution in [0.3, 0.4) is 0 Å². The molecule has 4 heteroatoms. The van der Waals surface area contributed by atoms with Gasteiger partial charge in [-0.25, -0.2) is 0 Å². The molecule has 0 aliphatic heterocycles. The minimum Gasteiger partial charge on any atom is -0.306 e. The first-order valence-electron chi connectivity index (χ1n) is 7.28. The van der Waals surface area contributed by atoms with Crippen LogP contribution in [0.5, 0.6) is 0 Å². The lowest BCUT2D eigenvalue weighted by atomic mass is 9.96. The molecule has 0 spiro atoms. The van der Waals surface area contributed by atoms with Gasteiger partial charge in [0.15, 0.2) is 0 Å². The van der Waals surface area contributed by atoms with Crippen molar-refractivity contribution in [3.63, 3.8) is 0 Å². The van der Waals surface area contributed by atoms with Gasteiger partial charge >= 0.3 is 0 Å². The monoisotopic (exact) mass is 280 g/mol. The van der Waals surface area contributed by atoms with Crippen LogP contribution >= 0.6 is 0 Å². The lowest BCUT2D eigenvalue weighted by Crippen LogP contribution is -2.22. The predicted octanol–water partition coefficient (Wildman–Crippen LogP) is 2.98. The minimum absolute atomic E-state index is 0.113. The van der Waals surface area contributed by atoms with Crippen molar-refractivity contribution in [2.24, 2.45) is 7.05 Å². The molecular weight excluding hydrogens is 260 g/mol. The zero-order chi connectivity index (χ0) is 14.8. The van der Waals surface area contributed by atoms with Gasteiger partial charge in [0.25, 0.3) is 0 Å². The molecule has 1 N–H and O–H groups in total. The molecule has 2 aromatic heterocycles. The van der Waals surface area contributed by atoms with Gasteiger partial charge in [-0.3, -0.25) is 9.67 Å². The van der Waals surface area contributed by atoms with Crippen LogP contribution in [0, 0.1) is 6.92 Å². The Morgan fingerprint density at radius 1 is 1.19 bits per heavy atom. The third-order valence-corrected chi connectivity index (χ3v) is 3.75. The lowest BCUT2D eigenvalue weighted by molar-refractivity contribution is 0.630. The van der Waals surface area contributed by atoms with Crippen molar-refractivity contribution >= 4 is 10.9 Å². The van der Waals surface area contributed by atoms with Gasteiger partial charge in [-0.05, 0) is 25.1 Å². The first kappa shape index (κ1) is 13.8. The van der Waals surface area contributed by atoms with Gasteiger partial charge in [-0.15, -0.1) is 0 Å². The largest absolute Gasteiger partial charge is 0.306 e. The molecule has 0 aliphatic rings. The van der Waals surface area contributed by atoms with E-state index in [-0.39, 0.29) is 6.04 Å². The summed E-state index contributed by atoms with van der Waals surface area (Å²) in [6.07, 6.45) is 3.94. The summed E-state index contributed by atoms with van der Waals surface area (Å²) in [5, 5.41) is 9.21. The molecular formula is C17H20N4. The van der Waals surface area contributed by atoms with Gasteiger partial charge in [-0.2, -0.15) is 5.10 Å². The molecule has 0 radical (unpaired) electrons. The number of fused-ring (bicyclic) bond motifs is 1. The van der Waals surface area contributed by atoms with Crippen molar-refractivity contribution in [3.8, 4) is 0 Å². The first-order valence-corrected chi connectivity index (χ1v) is 7.28. The minimum atomic E-state index is 0.113. The summed E-state index contributed by atoms with van der Waals surface area (Å²) in [7, 11) is 1.96. The predicted molar refractivity (Wildman–Crippen MR) is 85.2 cm³/mol. The van der Waals surface area contributed by atoms with E-state index in [2.05, 4.69) is 59.7 Å². The highest BCUT2D eigenvalue weighted by molar-refractivity contribution is 5.82. The van der Waals surface area contributed by atoms with Crippen molar-refractivity contribution in [1.29, 1.82) is 0 Å². The van der Waals surface area contributed by atoms with Crippen LogP contribution in [0.15, 0.2) is 42.7 Å². The number of pyridine rings is 1. The molecule has 0 fully saturated rings. The normalized spacial score (nSPS) is 12.7. The molecule has 0 saturated carbocycles. The highest BCUT2D eigenvalue weighted by Gasteiger charge is 2.20. The molecule has 0 aliphatic carbocycles. The average Bonchev–Trinajstić information content (AvgIpc) is 2.83. The van der Waals surface area contributed by atoms with E-state index in [0.717, 1.165) is 17.8 Å². The van der Waals surface area contributed by atoms with E-state index >= 15 is 0 Å². The second-order valence-corrected chi connectivity index (χ2v) is 5.26. The van der Waals surface area contributed by atoms with E-state index in [9.17, 15) is 0 Å². The van der Waals surface area contributed by atoms with Crippen LogP contribution in [-0.4, -0.2) is 21.3 Å². The zero-order valence-corrected chi connectivity index (χ0v) is 12.7. The third kappa shape index (κ3) is 2.54. The summed E-state index contributed by atoms with van der Waals surface area (Å²) in [4.78, 5) is 4.58. The fourth-order valence-corrected chi connectivity index (χ4v) is 2.85.